The van der Waals surface area contributed by atoms with Crippen LogP contribution in [0.2, 0.25) is 5.02 Å². The zero-order chi connectivity index (χ0) is 15.3. The van der Waals surface area contributed by atoms with Gasteiger partial charge in [-0.1, -0.05) is 17.7 Å². The fourth-order valence-electron chi connectivity index (χ4n) is 2.12. The lowest BCUT2D eigenvalue weighted by Gasteiger charge is -2.32. The van der Waals surface area contributed by atoms with Crippen LogP contribution in [0.5, 0.6) is 5.75 Å². The first-order valence-corrected chi connectivity index (χ1v) is 7.16. The van der Waals surface area contributed by atoms with Crippen molar-refractivity contribution >= 4 is 17.5 Å². The minimum atomic E-state index is -0.860. The van der Waals surface area contributed by atoms with Crippen LogP contribution >= 0.6 is 11.6 Å². The maximum atomic E-state index is 12.2. The number of hydrogen-bond donors (Lipinski definition) is 1. The van der Waals surface area contributed by atoms with Crippen molar-refractivity contribution in [3.63, 3.8) is 0 Å². The predicted molar refractivity (Wildman–Crippen MR) is 78.1 cm³/mol. The molecular formula is C15H17ClN2O3. The normalized spacial score (nSPS) is 18.3. The van der Waals surface area contributed by atoms with Crippen LogP contribution in [-0.2, 0) is 9.53 Å². The molecule has 1 heterocycles. The van der Waals surface area contributed by atoms with Gasteiger partial charge in [-0.25, -0.2) is 0 Å². The Kier molecular flexibility index (Phi) is 5.05. The number of rotatable bonds is 4. The zero-order valence-electron chi connectivity index (χ0n) is 11.8. The molecule has 1 atom stereocenters. The molecule has 21 heavy (non-hydrogen) atoms. The Hall–Kier alpha value is -1.77. The van der Waals surface area contributed by atoms with E-state index in [1.165, 1.54) is 0 Å². The smallest absolute Gasteiger partial charge is 0.262 e. The summed E-state index contributed by atoms with van der Waals surface area (Å²) in [5.41, 5.74) is -0.860. The molecule has 1 amide bonds. The van der Waals surface area contributed by atoms with Gasteiger partial charge in [-0.05, 0) is 25.1 Å². The molecule has 0 radical (unpaired) electrons. The predicted octanol–water partition coefficient (Wildman–Crippen LogP) is 2.30. The van der Waals surface area contributed by atoms with Crippen LogP contribution in [-0.4, -0.2) is 30.8 Å². The number of nitrogens with zero attached hydrogens (tertiary/aromatic N) is 1. The van der Waals surface area contributed by atoms with Crippen LogP contribution in [0.1, 0.15) is 19.8 Å². The maximum absolute atomic E-state index is 12.2. The van der Waals surface area contributed by atoms with Gasteiger partial charge in [-0.15, -0.1) is 0 Å². The van der Waals surface area contributed by atoms with E-state index in [0.717, 1.165) is 0 Å². The van der Waals surface area contributed by atoms with E-state index in [1.807, 2.05) is 0 Å². The minimum absolute atomic E-state index is 0.321. The molecule has 6 heteroatoms. The van der Waals surface area contributed by atoms with Gasteiger partial charge in [-0.3, -0.25) is 4.79 Å². The molecule has 1 aliphatic heterocycles. The second-order valence-electron chi connectivity index (χ2n) is 5.01. The van der Waals surface area contributed by atoms with Crippen LogP contribution < -0.4 is 10.1 Å². The third-order valence-corrected chi connectivity index (χ3v) is 3.64. The van der Waals surface area contributed by atoms with Gasteiger partial charge in [0.2, 0.25) is 0 Å². The SMILES string of the molecule is C[C@@H](Oc1cccc(Cl)c1)C(=O)NC1(C#N)CCOCC1. The zero-order valence-corrected chi connectivity index (χ0v) is 12.5. The van der Waals surface area contributed by atoms with E-state index < -0.39 is 11.6 Å². The van der Waals surface area contributed by atoms with Gasteiger partial charge < -0.3 is 14.8 Å². The number of halogens is 1. The topological polar surface area (TPSA) is 71.3 Å². The van der Waals surface area contributed by atoms with Gasteiger partial charge in [0, 0.05) is 31.1 Å². The molecule has 1 aliphatic rings. The van der Waals surface area contributed by atoms with Crippen LogP contribution in [0.3, 0.4) is 0 Å². The summed E-state index contributed by atoms with van der Waals surface area (Å²) in [5.74, 6) is 0.196. The molecule has 0 aliphatic carbocycles. The van der Waals surface area contributed by atoms with Crippen molar-refractivity contribution in [2.75, 3.05) is 13.2 Å². The molecule has 1 fully saturated rings. The Morgan fingerprint density at radius 2 is 2.24 bits per heavy atom. The number of carbonyl (C=O) groups excluding carboxylic acids is 1. The summed E-state index contributed by atoms with van der Waals surface area (Å²) in [4.78, 5) is 12.2. The molecule has 0 spiro atoms. The Balaban J connectivity index is 1.97. The lowest BCUT2D eigenvalue weighted by atomic mass is 9.91. The summed E-state index contributed by atoms with van der Waals surface area (Å²) < 4.78 is 10.8. The second kappa shape index (κ2) is 6.79. The summed E-state index contributed by atoms with van der Waals surface area (Å²) >= 11 is 5.87. The first-order chi connectivity index (χ1) is 10.0. The highest BCUT2D eigenvalue weighted by molar-refractivity contribution is 6.30. The van der Waals surface area contributed by atoms with Crippen LogP contribution in [0.4, 0.5) is 0 Å². The van der Waals surface area contributed by atoms with Gasteiger partial charge in [-0.2, -0.15) is 5.26 Å². The fourth-order valence-corrected chi connectivity index (χ4v) is 2.30. The molecular weight excluding hydrogens is 292 g/mol. The van der Waals surface area contributed by atoms with E-state index in [2.05, 4.69) is 11.4 Å². The maximum Gasteiger partial charge on any atom is 0.262 e. The highest BCUT2D eigenvalue weighted by Crippen LogP contribution is 2.21. The van der Waals surface area contributed by atoms with E-state index in [4.69, 9.17) is 21.1 Å². The summed E-state index contributed by atoms with van der Waals surface area (Å²) in [6, 6.07) is 9.03. The first kappa shape index (κ1) is 15.6. The standard InChI is InChI=1S/C15H17ClN2O3/c1-11(21-13-4-2-3-12(16)9-13)14(19)18-15(10-17)5-7-20-8-6-15/h2-4,9,11H,5-8H2,1H3,(H,18,19)/t11-/m1/s1. The minimum Gasteiger partial charge on any atom is -0.481 e. The first-order valence-electron chi connectivity index (χ1n) is 6.78. The number of nitrogens with one attached hydrogen (secondary N) is 1. The highest BCUT2D eigenvalue weighted by atomic mass is 35.5. The number of nitriles is 1. The van der Waals surface area contributed by atoms with Crippen molar-refractivity contribution in [2.24, 2.45) is 0 Å². The van der Waals surface area contributed by atoms with Crippen LogP contribution in [0.25, 0.3) is 0 Å². The third kappa shape index (κ3) is 4.10. The molecule has 0 saturated carbocycles. The van der Waals surface area contributed by atoms with E-state index in [-0.39, 0.29) is 5.91 Å². The Bertz CT molecular complexity index is 550. The van der Waals surface area contributed by atoms with E-state index >= 15 is 0 Å². The van der Waals surface area contributed by atoms with Gasteiger partial charge in [0.25, 0.3) is 5.91 Å². The summed E-state index contributed by atoms with van der Waals surface area (Å²) in [7, 11) is 0. The van der Waals surface area contributed by atoms with Crippen molar-refractivity contribution in [3.05, 3.63) is 29.3 Å². The average Bonchev–Trinajstić information content (AvgIpc) is 2.48. The van der Waals surface area contributed by atoms with Crippen molar-refractivity contribution in [3.8, 4) is 11.8 Å². The Morgan fingerprint density at radius 1 is 1.52 bits per heavy atom. The van der Waals surface area contributed by atoms with E-state index in [0.29, 0.717) is 36.8 Å². The summed E-state index contributed by atoms with van der Waals surface area (Å²) in [6.45, 7) is 2.58. The van der Waals surface area contributed by atoms with Crippen molar-refractivity contribution in [1.29, 1.82) is 5.26 Å². The van der Waals surface area contributed by atoms with Gasteiger partial charge >= 0.3 is 0 Å². The second-order valence-corrected chi connectivity index (χ2v) is 5.45. The van der Waals surface area contributed by atoms with Crippen LogP contribution in [0, 0.1) is 11.3 Å². The van der Waals surface area contributed by atoms with Crippen molar-refractivity contribution in [2.45, 2.75) is 31.4 Å². The number of benzene rings is 1. The lowest BCUT2D eigenvalue weighted by Crippen LogP contribution is -2.54. The summed E-state index contributed by atoms with van der Waals surface area (Å²) in [6.07, 6.45) is 0.259. The highest BCUT2D eigenvalue weighted by Gasteiger charge is 2.35. The molecule has 5 nitrogen and oxygen atoms in total. The van der Waals surface area contributed by atoms with Crippen molar-refractivity contribution in [1.82, 2.24) is 5.32 Å². The molecule has 0 unspecified atom stereocenters. The number of amides is 1. The van der Waals surface area contributed by atoms with E-state index in [1.54, 1.807) is 31.2 Å². The molecule has 1 N–H and O–H groups in total. The van der Waals surface area contributed by atoms with E-state index in [9.17, 15) is 10.1 Å². The van der Waals surface area contributed by atoms with Gasteiger partial charge in [0.05, 0.1) is 6.07 Å². The monoisotopic (exact) mass is 308 g/mol. The molecule has 1 saturated heterocycles. The third-order valence-electron chi connectivity index (χ3n) is 3.40. The van der Waals surface area contributed by atoms with Gasteiger partial charge in [0.15, 0.2) is 6.10 Å². The molecule has 1 aromatic rings. The largest absolute Gasteiger partial charge is 0.481 e. The number of carbonyl (C=O) groups is 1. The average molecular weight is 309 g/mol. The fraction of sp³-hybridized carbons (Fsp3) is 0.467. The Morgan fingerprint density at radius 3 is 2.86 bits per heavy atom. The molecule has 112 valence electrons. The van der Waals surface area contributed by atoms with Crippen molar-refractivity contribution < 1.29 is 14.3 Å². The van der Waals surface area contributed by atoms with Crippen LogP contribution in [0.15, 0.2) is 24.3 Å². The Labute approximate surface area is 128 Å². The molecule has 2 rings (SSSR count). The molecule has 0 bridgehead atoms. The van der Waals surface area contributed by atoms with Gasteiger partial charge in [0.1, 0.15) is 11.3 Å². The summed E-state index contributed by atoms with van der Waals surface area (Å²) in [5, 5.41) is 12.6. The lowest BCUT2D eigenvalue weighted by molar-refractivity contribution is -0.129. The molecule has 0 aromatic heterocycles. The number of ether oxygens (including phenoxy) is 2. The quantitative estimate of drug-likeness (QED) is 0.926. The molecule has 1 aromatic carbocycles. The number of hydrogen-bond acceptors (Lipinski definition) is 4.